The van der Waals surface area contributed by atoms with Crippen LogP contribution in [0, 0.1) is 5.92 Å². The minimum Gasteiger partial charge on any atom is -0.487 e. The molecule has 0 fully saturated rings. The molecule has 0 saturated carbocycles. The van der Waals surface area contributed by atoms with Gasteiger partial charge in [0.2, 0.25) is 0 Å². The molecule has 2 N–H and O–H groups in total. The summed E-state index contributed by atoms with van der Waals surface area (Å²) < 4.78 is 16.9. The minimum absolute atomic E-state index is 0.165. The smallest absolute Gasteiger partial charge is 0.487 e. The van der Waals surface area contributed by atoms with Crippen LogP contribution in [-0.2, 0) is 11.2 Å². The number of hydrogen-bond acceptors (Lipinski definition) is 5. The third-order valence-electron chi connectivity index (χ3n) is 5.97. The molecule has 0 saturated heterocycles. The number of carbonyl (C=O) groups excluding carboxylic acids is 1. The summed E-state index contributed by atoms with van der Waals surface area (Å²) in [4.78, 5) is 12.0. The summed E-state index contributed by atoms with van der Waals surface area (Å²) in [6.45, 7) is 8.48. The Morgan fingerprint density at radius 3 is 2.82 bits per heavy atom. The first kappa shape index (κ1) is 20.7. The molecule has 1 heterocycles. The second-order valence-corrected chi connectivity index (χ2v) is 8.52. The van der Waals surface area contributed by atoms with Gasteiger partial charge in [-0.25, -0.2) is 4.79 Å². The average Bonchev–Trinajstić information content (AvgIpc) is 2.61. The number of benzene rings is 1. The first-order valence-corrected chi connectivity index (χ1v) is 10.4. The van der Waals surface area contributed by atoms with E-state index in [4.69, 9.17) is 19.9 Å². The molecule has 0 aromatic heterocycles. The maximum atomic E-state index is 12.0. The molecule has 28 heavy (non-hydrogen) atoms. The summed E-state index contributed by atoms with van der Waals surface area (Å²) in [6.07, 6.45) is 8.03. The molecule has 1 aliphatic carbocycles. The van der Waals surface area contributed by atoms with Gasteiger partial charge in [-0.2, -0.15) is 0 Å². The van der Waals surface area contributed by atoms with Crippen LogP contribution in [0.2, 0.25) is 0 Å². The topological polar surface area (TPSA) is 70.8 Å². The van der Waals surface area contributed by atoms with Crippen molar-refractivity contribution < 1.29 is 19.0 Å². The van der Waals surface area contributed by atoms with Gasteiger partial charge in [0.15, 0.2) is 0 Å². The zero-order valence-electron chi connectivity index (χ0n) is 17.5. The van der Waals surface area contributed by atoms with E-state index >= 15 is 0 Å². The molecule has 0 radical (unpaired) electrons. The van der Waals surface area contributed by atoms with E-state index < -0.39 is 6.16 Å². The predicted octanol–water partition coefficient (Wildman–Crippen LogP) is 5.46. The summed E-state index contributed by atoms with van der Waals surface area (Å²) in [5.74, 6) is 1.86. The molecule has 0 amide bonds. The van der Waals surface area contributed by atoms with Crippen LogP contribution in [0.5, 0.6) is 11.5 Å². The third-order valence-corrected chi connectivity index (χ3v) is 5.97. The van der Waals surface area contributed by atoms with Gasteiger partial charge >= 0.3 is 6.16 Å². The van der Waals surface area contributed by atoms with Gasteiger partial charge in [0.05, 0.1) is 0 Å². The van der Waals surface area contributed by atoms with E-state index in [9.17, 15) is 4.79 Å². The quantitative estimate of drug-likeness (QED) is 0.231. The molecule has 1 aliphatic heterocycles. The summed E-state index contributed by atoms with van der Waals surface area (Å²) in [5, 5.41) is 0. The maximum absolute atomic E-state index is 12.0. The van der Waals surface area contributed by atoms with Crippen molar-refractivity contribution in [3.05, 3.63) is 34.9 Å². The van der Waals surface area contributed by atoms with Crippen molar-refractivity contribution in [2.45, 2.75) is 77.7 Å². The standard InChI is InChI=1S/C23H33NO4/c1-5-6-7-8-16-12-19(27-22(25)26-14-24)21-17-11-15(2)9-10-18(17)23(3,4)28-20(21)13-16/h11-13,17-18H,5-10,14,24H2,1-4H3/t17-,18-/m1/s1. The van der Waals surface area contributed by atoms with Crippen LogP contribution in [-0.4, -0.2) is 18.5 Å². The van der Waals surface area contributed by atoms with Crippen molar-refractivity contribution in [3.63, 3.8) is 0 Å². The fourth-order valence-corrected chi connectivity index (χ4v) is 4.56. The van der Waals surface area contributed by atoms with Gasteiger partial charge in [-0.3, -0.25) is 5.73 Å². The van der Waals surface area contributed by atoms with E-state index in [-0.39, 0.29) is 18.2 Å². The van der Waals surface area contributed by atoms with Crippen LogP contribution in [0.4, 0.5) is 4.79 Å². The summed E-state index contributed by atoms with van der Waals surface area (Å²) in [7, 11) is 0. The van der Waals surface area contributed by atoms with E-state index in [2.05, 4.69) is 39.8 Å². The van der Waals surface area contributed by atoms with Gasteiger partial charge in [-0.05, 0) is 64.2 Å². The Bertz CT molecular complexity index is 753. The summed E-state index contributed by atoms with van der Waals surface area (Å²) in [5.41, 5.74) is 8.50. The van der Waals surface area contributed by atoms with E-state index in [0.29, 0.717) is 11.7 Å². The molecule has 5 heteroatoms. The Morgan fingerprint density at radius 2 is 2.11 bits per heavy atom. The van der Waals surface area contributed by atoms with E-state index in [1.807, 2.05) is 6.07 Å². The number of hydrogen-bond donors (Lipinski definition) is 1. The fraction of sp³-hybridized carbons (Fsp3) is 0.609. The second-order valence-electron chi connectivity index (χ2n) is 8.52. The van der Waals surface area contributed by atoms with Crippen LogP contribution in [0.1, 0.15) is 76.8 Å². The number of fused-ring (bicyclic) bond motifs is 3. The molecule has 154 valence electrons. The molecule has 0 spiro atoms. The Kier molecular flexibility index (Phi) is 6.33. The van der Waals surface area contributed by atoms with Crippen molar-refractivity contribution in [1.82, 2.24) is 0 Å². The van der Waals surface area contributed by atoms with Crippen LogP contribution in [0.3, 0.4) is 0 Å². The molecule has 1 aromatic rings. The Labute approximate surface area is 168 Å². The monoisotopic (exact) mass is 387 g/mol. The van der Waals surface area contributed by atoms with Gasteiger partial charge in [0.25, 0.3) is 0 Å². The highest BCUT2D eigenvalue weighted by Crippen LogP contribution is 2.53. The zero-order chi connectivity index (χ0) is 20.3. The molecule has 2 atom stereocenters. The van der Waals surface area contributed by atoms with Gasteiger partial charge in [-0.1, -0.05) is 31.4 Å². The van der Waals surface area contributed by atoms with E-state index in [1.165, 1.54) is 12.0 Å². The van der Waals surface area contributed by atoms with Crippen molar-refractivity contribution in [3.8, 4) is 11.5 Å². The predicted molar refractivity (Wildman–Crippen MR) is 110 cm³/mol. The Morgan fingerprint density at radius 1 is 1.32 bits per heavy atom. The van der Waals surface area contributed by atoms with Crippen LogP contribution in [0.15, 0.2) is 23.8 Å². The lowest BCUT2D eigenvalue weighted by atomic mass is 9.68. The highest BCUT2D eigenvalue weighted by atomic mass is 16.7. The average molecular weight is 388 g/mol. The highest BCUT2D eigenvalue weighted by molar-refractivity contribution is 5.67. The molecule has 0 bridgehead atoms. The number of allylic oxidation sites excluding steroid dienone is 2. The first-order valence-electron chi connectivity index (χ1n) is 10.4. The lowest BCUT2D eigenvalue weighted by Crippen LogP contribution is -2.45. The molecular formula is C23H33NO4. The number of aryl methyl sites for hydroxylation is 1. The second kappa shape index (κ2) is 8.56. The van der Waals surface area contributed by atoms with Crippen LogP contribution in [0.25, 0.3) is 0 Å². The molecule has 1 aromatic carbocycles. The van der Waals surface area contributed by atoms with E-state index in [0.717, 1.165) is 49.0 Å². The first-order chi connectivity index (χ1) is 13.4. The van der Waals surface area contributed by atoms with Crippen molar-refractivity contribution >= 4 is 6.16 Å². The van der Waals surface area contributed by atoms with Crippen LogP contribution >= 0.6 is 0 Å². The van der Waals surface area contributed by atoms with E-state index in [1.54, 1.807) is 0 Å². The molecule has 2 aliphatic rings. The van der Waals surface area contributed by atoms with Gasteiger partial charge in [0, 0.05) is 17.4 Å². The normalized spacial score (nSPS) is 22.4. The number of nitrogens with two attached hydrogens (primary N) is 1. The number of rotatable bonds is 6. The minimum atomic E-state index is -0.770. The fourth-order valence-electron chi connectivity index (χ4n) is 4.56. The zero-order valence-corrected chi connectivity index (χ0v) is 17.5. The number of unbranched alkanes of at least 4 members (excludes halogenated alkanes) is 2. The molecule has 5 nitrogen and oxygen atoms in total. The highest BCUT2D eigenvalue weighted by Gasteiger charge is 2.45. The van der Waals surface area contributed by atoms with Gasteiger partial charge < -0.3 is 14.2 Å². The number of carbonyl (C=O) groups is 1. The SMILES string of the molecule is CCCCCc1cc(OC(=O)OCN)c2c(c1)OC(C)(C)[C@@H]1CCC(C)=C[C@@H]21. The summed E-state index contributed by atoms with van der Waals surface area (Å²) >= 11 is 0. The van der Waals surface area contributed by atoms with Crippen molar-refractivity contribution in [1.29, 1.82) is 0 Å². The van der Waals surface area contributed by atoms with Crippen molar-refractivity contribution in [2.75, 3.05) is 6.73 Å². The molecular weight excluding hydrogens is 354 g/mol. The van der Waals surface area contributed by atoms with Gasteiger partial charge in [-0.15, -0.1) is 0 Å². The van der Waals surface area contributed by atoms with Crippen LogP contribution < -0.4 is 15.2 Å². The number of ether oxygens (including phenoxy) is 3. The lowest BCUT2D eigenvalue weighted by Gasteiger charge is -2.46. The summed E-state index contributed by atoms with van der Waals surface area (Å²) in [6, 6.07) is 4.10. The Hall–Kier alpha value is -2.01. The third kappa shape index (κ3) is 4.35. The maximum Gasteiger partial charge on any atom is 0.515 e. The van der Waals surface area contributed by atoms with Gasteiger partial charge in [0.1, 0.15) is 23.8 Å². The molecule has 3 rings (SSSR count). The Balaban J connectivity index is 2.05. The van der Waals surface area contributed by atoms with Crippen molar-refractivity contribution in [2.24, 2.45) is 11.7 Å². The lowest BCUT2D eigenvalue weighted by molar-refractivity contribution is 0.0104. The molecule has 0 unspecified atom stereocenters. The largest absolute Gasteiger partial charge is 0.515 e.